The minimum atomic E-state index is -3.70. The van der Waals surface area contributed by atoms with E-state index in [2.05, 4.69) is 10.3 Å². The number of carbonyl (C=O) groups excluding carboxylic acids is 1. The summed E-state index contributed by atoms with van der Waals surface area (Å²) in [6.07, 6.45) is 2.04. The fraction of sp³-hybridized carbons (Fsp3) is 0.333. The molecule has 0 spiro atoms. The van der Waals surface area contributed by atoms with Gasteiger partial charge in [0.15, 0.2) is 5.13 Å². The lowest BCUT2D eigenvalue weighted by Crippen LogP contribution is -2.49. The summed E-state index contributed by atoms with van der Waals surface area (Å²) in [6.45, 7) is 2.29. The Hall–Kier alpha value is -2.27. The van der Waals surface area contributed by atoms with Crippen LogP contribution in [0.1, 0.15) is 24.1 Å². The molecule has 0 saturated carbocycles. The number of benzene rings is 1. The van der Waals surface area contributed by atoms with Crippen LogP contribution in [0.2, 0.25) is 0 Å². The monoisotopic (exact) mass is 477 g/mol. The van der Waals surface area contributed by atoms with Crippen molar-refractivity contribution in [2.24, 2.45) is 0 Å². The van der Waals surface area contributed by atoms with Gasteiger partial charge in [-0.05, 0) is 55.5 Å². The van der Waals surface area contributed by atoms with Gasteiger partial charge in [-0.3, -0.25) is 4.79 Å². The van der Waals surface area contributed by atoms with Crippen LogP contribution in [0.15, 0.2) is 46.0 Å². The van der Waals surface area contributed by atoms with Crippen molar-refractivity contribution in [2.45, 2.75) is 36.4 Å². The van der Waals surface area contributed by atoms with Crippen LogP contribution in [0, 0.1) is 6.92 Å². The van der Waals surface area contributed by atoms with Gasteiger partial charge in [0.2, 0.25) is 5.91 Å². The van der Waals surface area contributed by atoms with E-state index in [1.54, 1.807) is 24.6 Å². The van der Waals surface area contributed by atoms with Crippen LogP contribution in [0.5, 0.6) is 5.75 Å². The number of methoxy groups -OCH3 is 1. The Morgan fingerprint density at radius 3 is 2.68 bits per heavy atom. The van der Waals surface area contributed by atoms with E-state index in [1.807, 2.05) is 31.2 Å². The Morgan fingerprint density at radius 1 is 1.23 bits per heavy atom. The van der Waals surface area contributed by atoms with E-state index in [0.29, 0.717) is 18.1 Å². The van der Waals surface area contributed by atoms with Crippen LogP contribution in [0.4, 0.5) is 5.13 Å². The van der Waals surface area contributed by atoms with Crippen molar-refractivity contribution in [1.29, 1.82) is 0 Å². The van der Waals surface area contributed by atoms with Crippen LogP contribution in [0.25, 0.3) is 11.3 Å². The van der Waals surface area contributed by atoms with Crippen LogP contribution in [0.3, 0.4) is 0 Å². The van der Waals surface area contributed by atoms with Crippen molar-refractivity contribution in [3.8, 4) is 17.0 Å². The zero-order valence-corrected chi connectivity index (χ0v) is 19.6. The summed E-state index contributed by atoms with van der Waals surface area (Å²) in [5, 5.41) is 5.05. The minimum absolute atomic E-state index is 0.263. The number of piperidine rings is 1. The third kappa shape index (κ3) is 4.52. The van der Waals surface area contributed by atoms with Gasteiger partial charge in [0.25, 0.3) is 10.0 Å². The van der Waals surface area contributed by atoms with E-state index in [0.717, 1.165) is 34.7 Å². The van der Waals surface area contributed by atoms with Crippen molar-refractivity contribution in [3.63, 3.8) is 0 Å². The largest absolute Gasteiger partial charge is 0.497 e. The molecule has 0 bridgehead atoms. The number of aromatic nitrogens is 1. The molecule has 1 aliphatic rings. The molecule has 1 aliphatic heterocycles. The number of sulfonamides is 1. The molecule has 1 N–H and O–H groups in total. The molecule has 10 heteroatoms. The molecule has 1 fully saturated rings. The highest BCUT2D eigenvalue weighted by Gasteiger charge is 2.38. The first-order valence-electron chi connectivity index (χ1n) is 9.88. The van der Waals surface area contributed by atoms with Gasteiger partial charge >= 0.3 is 0 Å². The van der Waals surface area contributed by atoms with E-state index >= 15 is 0 Å². The summed E-state index contributed by atoms with van der Waals surface area (Å²) in [4.78, 5) is 18.6. The van der Waals surface area contributed by atoms with Gasteiger partial charge in [0.1, 0.15) is 16.0 Å². The number of carbonyl (C=O) groups is 1. The predicted molar refractivity (Wildman–Crippen MR) is 123 cm³/mol. The zero-order valence-electron chi connectivity index (χ0n) is 17.2. The fourth-order valence-corrected chi connectivity index (χ4v) is 7.25. The maximum absolute atomic E-state index is 13.1. The van der Waals surface area contributed by atoms with Crippen LogP contribution >= 0.6 is 22.7 Å². The number of hydrogen-bond donors (Lipinski definition) is 1. The predicted octanol–water partition coefficient (Wildman–Crippen LogP) is 4.37. The first-order chi connectivity index (χ1) is 14.9. The van der Waals surface area contributed by atoms with Crippen molar-refractivity contribution in [3.05, 3.63) is 46.7 Å². The summed E-state index contributed by atoms with van der Waals surface area (Å²) in [5.41, 5.74) is 1.71. The van der Waals surface area contributed by atoms with Gasteiger partial charge in [0, 0.05) is 17.0 Å². The summed E-state index contributed by atoms with van der Waals surface area (Å²) in [6, 6.07) is 10.1. The zero-order chi connectivity index (χ0) is 22.0. The highest BCUT2D eigenvalue weighted by atomic mass is 32.2. The number of thiophene rings is 1. The summed E-state index contributed by atoms with van der Waals surface area (Å²) < 4.78 is 32.9. The summed E-state index contributed by atoms with van der Waals surface area (Å²) >= 11 is 2.54. The van der Waals surface area contributed by atoms with E-state index < -0.39 is 16.1 Å². The van der Waals surface area contributed by atoms with Gasteiger partial charge in [-0.15, -0.1) is 22.7 Å². The Kier molecular flexibility index (Phi) is 6.42. The number of anilines is 1. The van der Waals surface area contributed by atoms with Crippen LogP contribution < -0.4 is 10.1 Å². The molecule has 1 amide bonds. The maximum atomic E-state index is 13.1. The Balaban J connectivity index is 1.54. The van der Waals surface area contributed by atoms with Crippen molar-refractivity contribution in [2.75, 3.05) is 19.0 Å². The molecular weight excluding hydrogens is 454 g/mol. The minimum Gasteiger partial charge on any atom is -0.497 e. The van der Waals surface area contributed by atoms with E-state index in [-0.39, 0.29) is 10.1 Å². The molecule has 0 radical (unpaired) electrons. The SMILES string of the molecule is COc1ccc(-c2nc(NC(=O)C3CCCCN3S(=O)(=O)c3cccs3)sc2C)cc1. The number of hydrogen-bond acceptors (Lipinski definition) is 7. The van der Waals surface area contributed by atoms with Gasteiger partial charge in [-0.1, -0.05) is 12.5 Å². The molecule has 3 heterocycles. The Labute approximate surface area is 189 Å². The van der Waals surface area contributed by atoms with Crippen molar-refractivity contribution < 1.29 is 17.9 Å². The van der Waals surface area contributed by atoms with Crippen LogP contribution in [-0.4, -0.2) is 43.3 Å². The highest BCUT2D eigenvalue weighted by molar-refractivity contribution is 7.91. The first kappa shape index (κ1) is 21.9. The number of rotatable bonds is 6. The highest BCUT2D eigenvalue weighted by Crippen LogP contribution is 2.33. The average Bonchev–Trinajstić information content (AvgIpc) is 3.44. The molecule has 1 aromatic carbocycles. The smallest absolute Gasteiger partial charge is 0.253 e. The normalized spacial score (nSPS) is 17.4. The second kappa shape index (κ2) is 9.07. The molecule has 1 unspecified atom stereocenters. The number of aryl methyl sites for hydroxylation is 1. The first-order valence-corrected chi connectivity index (χ1v) is 13.0. The van der Waals surface area contributed by atoms with Crippen LogP contribution in [-0.2, 0) is 14.8 Å². The molecule has 3 aromatic rings. The summed E-state index contributed by atoms with van der Waals surface area (Å²) in [5.74, 6) is 0.421. The molecule has 1 saturated heterocycles. The standard InChI is InChI=1S/C21H23N3O4S3/c1-14-19(15-8-10-16(28-2)11-9-15)22-21(30-14)23-20(25)17-6-3-4-12-24(17)31(26,27)18-7-5-13-29-18/h5,7-11,13,17H,3-4,6,12H2,1-2H3,(H,22,23,25). The Morgan fingerprint density at radius 2 is 2.00 bits per heavy atom. The fourth-order valence-electron chi connectivity index (χ4n) is 3.64. The number of thiazole rings is 1. The number of amides is 1. The topological polar surface area (TPSA) is 88.6 Å². The quantitative estimate of drug-likeness (QED) is 0.570. The molecule has 2 aromatic heterocycles. The molecule has 0 aliphatic carbocycles. The molecular formula is C21H23N3O4S3. The third-order valence-corrected chi connectivity index (χ3v) is 9.37. The van der Waals surface area contributed by atoms with Gasteiger partial charge in [0.05, 0.1) is 12.8 Å². The molecule has 164 valence electrons. The Bertz CT molecular complexity index is 1160. The van der Waals surface area contributed by atoms with Gasteiger partial charge in [-0.2, -0.15) is 4.31 Å². The van der Waals surface area contributed by atoms with Crippen molar-refractivity contribution in [1.82, 2.24) is 9.29 Å². The molecule has 4 rings (SSSR count). The second-order valence-corrected chi connectivity index (χ2v) is 11.5. The third-order valence-electron chi connectivity index (χ3n) is 5.20. The second-order valence-electron chi connectivity index (χ2n) is 7.20. The van der Waals surface area contributed by atoms with Gasteiger partial charge in [-0.25, -0.2) is 13.4 Å². The van der Waals surface area contributed by atoms with E-state index in [4.69, 9.17) is 4.74 Å². The van der Waals surface area contributed by atoms with E-state index in [9.17, 15) is 13.2 Å². The lowest BCUT2D eigenvalue weighted by atomic mass is 10.0. The molecule has 1 atom stereocenters. The number of ether oxygens (including phenoxy) is 1. The summed E-state index contributed by atoms with van der Waals surface area (Å²) in [7, 11) is -2.08. The number of nitrogens with one attached hydrogen (secondary N) is 1. The average molecular weight is 478 g/mol. The molecule has 7 nitrogen and oxygen atoms in total. The lowest BCUT2D eigenvalue weighted by Gasteiger charge is -2.32. The number of nitrogens with zero attached hydrogens (tertiary/aromatic N) is 2. The molecule has 31 heavy (non-hydrogen) atoms. The maximum Gasteiger partial charge on any atom is 0.253 e. The lowest BCUT2D eigenvalue weighted by molar-refractivity contribution is -0.120. The van der Waals surface area contributed by atoms with E-state index in [1.165, 1.54) is 27.0 Å². The van der Waals surface area contributed by atoms with Gasteiger partial charge < -0.3 is 10.1 Å². The van der Waals surface area contributed by atoms with Crippen molar-refractivity contribution >= 4 is 43.7 Å².